The average molecular weight is 482 g/mol. The number of rotatable bonds is 3. The Morgan fingerprint density at radius 1 is 1.03 bits per heavy atom. The Bertz CT molecular complexity index is 1450. The van der Waals surface area contributed by atoms with Gasteiger partial charge in [0.25, 0.3) is 11.8 Å². The number of halogens is 2. The molecule has 1 aromatic carbocycles. The highest BCUT2D eigenvalue weighted by atomic mass is 35.5. The number of aromatic nitrogens is 3. The Kier molecular flexibility index (Phi) is 5.48. The van der Waals surface area contributed by atoms with Gasteiger partial charge in [-0.3, -0.25) is 19.3 Å². The number of hydrogen-bond donors (Lipinski definition) is 2. The van der Waals surface area contributed by atoms with Crippen molar-refractivity contribution in [2.45, 2.75) is 18.9 Å². The van der Waals surface area contributed by atoms with E-state index < -0.39 is 11.8 Å². The summed E-state index contributed by atoms with van der Waals surface area (Å²) in [5.41, 5.74) is 3.71. The molecule has 0 atom stereocenters. The first kappa shape index (κ1) is 21.7. The van der Waals surface area contributed by atoms with E-state index in [0.29, 0.717) is 39.1 Å². The summed E-state index contributed by atoms with van der Waals surface area (Å²) in [4.78, 5) is 30.4. The lowest BCUT2D eigenvalue weighted by Crippen LogP contribution is -2.29. The number of nitrogens with zero attached hydrogens (tertiary/aromatic N) is 3. The predicted octanol–water partition coefficient (Wildman–Crippen LogP) is 3.86. The maximum Gasteiger partial charge on any atom is 0.261 e. The van der Waals surface area contributed by atoms with Crippen LogP contribution in [0.15, 0.2) is 55.0 Å². The zero-order valence-electron chi connectivity index (χ0n) is 17.5. The lowest BCUT2D eigenvalue weighted by Gasteiger charge is -2.25. The fraction of sp³-hybridized carbons (Fsp3) is 0.208. The Labute approximate surface area is 200 Å². The second-order valence-electron chi connectivity index (χ2n) is 8.20. The molecule has 33 heavy (non-hydrogen) atoms. The molecule has 2 aliphatic rings. The lowest BCUT2D eigenvalue weighted by atomic mass is 9.99. The third kappa shape index (κ3) is 3.44. The molecule has 6 rings (SSSR count). The molecule has 9 heteroatoms. The van der Waals surface area contributed by atoms with E-state index in [1.54, 1.807) is 6.20 Å². The number of pyridine rings is 1. The SMILES string of the molecule is Cl.O=C1NC(=O)C(c2cnc3ccccn23)=C1c1cn(C2CCNCC2)c2ccc(Cl)cc12. The molecule has 0 saturated carbocycles. The van der Waals surface area contributed by atoms with Gasteiger partial charge in [-0.05, 0) is 56.3 Å². The summed E-state index contributed by atoms with van der Waals surface area (Å²) < 4.78 is 4.06. The molecule has 1 fully saturated rings. The van der Waals surface area contributed by atoms with E-state index in [0.717, 1.165) is 36.8 Å². The second kappa shape index (κ2) is 8.33. The maximum atomic E-state index is 13.1. The van der Waals surface area contributed by atoms with Crippen molar-refractivity contribution in [3.05, 3.63) is 71.3 Å². The van der Waals surface area contributed by atoms with Crippen LogP contribution in [0.4, 0.5) is 0 Å². The first-order valence-corrected chi connectivity index (χ1v) is 11.0. The number of imidazole rings is 1. The van der Waals surface area contributed by atoms with Gasteiger partial charge in [0.2, 0.25) is 0 Å². The molecule has 0 unspecified atom stereocenters. The molecule has 3 aromatic heterocycles. The number of nitrogens with one attached hydrogen (secondary N) is 2. The number of imide groups is 1. The minimum Gasteiger partial charge on any atom is -0.344 e. The molecule has 0 radical (unpaired) electrons. The fourth-order valence-electron chi connectivity index (χ4n) is 4.89. The second-order valence-corrected chi connectivity index (χ2v) is 8.63. The van der Waals surface area contributed by atoms with Gasteiger partial charge in [0.05, 0.1) is 23.0 Å². The molecule has 7 nitrogen and oxygen atoms in total. The zero-order chi connectivity index (χ0) is 21.8. The summed E-state index contributed by atoms with van der Waals surface area (Å²) in [6.07, 6.45) is 7.48. The monoisotopic (exact) mass is 481 g/mol. The molecule has 0 aliphatic carbocycles. The van der Waals surface area contributed by atoms with Crippen molar-refractivity contribution in [2.24, 2.45) is 0 Å². The number of carbonyl (C=O) groups is 2. The van der Waals surface area contributed by atoms with Crippen LogP contribution in [0.5, 0.6) is 0 Å². The number of benzene rings is 1. The molecular weight excluding hydrogens is 461 g/mol. The first-order chi connectivity index (χ1) is 15.6. The van der Waals surface area contributed by atoms with Crippen LogP contribution < -0.4 is 10.6 Å². The van der Waals surface area contributed by atoms with Crippen molar-refractivity contribution in [2.75, 3.05) is 13.1 Å². The first-order valence-electron chi connectivity index (χ1n) is 10.7. The van der Waals surface area contributed by atoms with Crippen LogP contribution in [0.3, 0.4) is 0 Å². The van der Waals surface area contributed by atoms with Crippen molar-refractivity contribution in [1.82, 2.24) is 24.6 Å². The number of carbonyl (C=O) groups excluding carboxylic acids is 2. The summed E-state index contributed by atoms with van der Waals surface area (Å²) >= 11 is 6.35. The normalized spacial score (nSPS) is 17.1. The van der Waals surface area contributed by atoms with Gasteiger partial charge in [-0.1, -0.05) is 17.7 Å². The average Bonchev–Trinajstić information content (AvgIpc) is 3.47. The smallest absolute Gasteiger partial charge is 0.261 e. The van der Waals surface area contributed by atoms with E-state index >= 15 is 0 Å². The van der Waals surface area contributed by atoms with E-state index in [1.165, 1.54) is 0 Å². The van der Waals surface area contributed by atoms with Gasteiger partial charge in [0.15, 0.2) is 0 Å². The Morgan fingerprint density at radius 2 is 1.82 bits per heavy atom. The molecule has 0 bridgehead atoms. The van der Waals surface area contributed by atoms with Crippen LogP contribution >= 0.6 is 24.0 Å². The highest BCUT2D eigenvalue weighted by Gasteiger charge is 2.36. The van der Waals surface area contributed by atoms with Crippen molar-refractivity contribution in [3.8, 4) is 0 Å². The van der Waals surface area contributed by atoms with Gasteiger partial charge < -0.3 is 9.88 Å². The van der Waals surface area contributed by atoms with Crippen LogP contribution in [-0.2, 0) is 9.59 Å². The van der Waals surface area contributed by atoms with Gasteiger partial charge in [0.1, 0.15) is 5.65 Å². The Morgan fingerprint density at radius 3 is 2.64 bits per heavy atom. The highest BCUT2D eigenvalue weighted by molar-refractivity contribution is 6.50. The van der Waals surface area contributed by atoms with Crippen LogP contribution in [0.1, 0.15) is 30.1 Å². The molecular formula is C24H21Cl2N5O2. The van der Waals surface area contributed by atoms with Crippen molar-refractivity contribution in [3.63, 3.8) is 0 Å². The van der Waals surface area contributed by atoms with Gasteiger partial charge in [0, 0.05) is 39.9 Å². The molecule has 5 heterocycles. The van der Waals surface area contributed by atoms with E-state index in [2.05, 4.69) is 20.2 Å². The van der Waals surface area contributed by atoms with Crippen LogP contribution in [0.25, 0.3) is 27.7 Å². The molecule has 2 amide bonds. The topological polar surface area (TPSA) is 80.4 Å². The molecule has 2 N–H and O–H groups in total. The Balaban J connectivity index is 0.00000228. The maximum absolute atomic E-state index is 13.1. The number of hydrogen-bond acceptors (Lipinski definition) is 4. The quantitative estimate of drug-likeness (QED) is 0.435. The third-order valence-corrected chi connectivity index (χ3v) is 6.61. The summed E-state index contributed by atoms with van der Waals surface area (Å²) in [7, 11) is 0. The van der Waals surface area contributed by atoms with Crippen LogP contribution in [0.2, 0.25) is 5.02 Å². The summed E-state index contributed by atoms with van der Waals surface area (Å²) in [5, 5.41) is 7.34. The van der Waals surface area contributed by atoms with Crippen molar-refractivity contribution in [1.29, 1.82) is 0 Å². The van der Waals surface area contributed by atoms with E-state index in [-0.39, 0.29) is 12.4 Å². The standard InChI is InChI=1S/C24H20ClN5O2.ClH/c25-14-4-5-18-16(11-14)17(13-30(18)15-6-8-26-9-7-15)21-22(24(32)28-23(21)31)19-12-27-20-3-1-2-10-29(19)20;/h1-5,10-13,15,26H,6-9H2,(H,28,31,32);1H. The molecule has 0 spiro atoms. The number of fused-ring (bicyclic) bond motifs is 2. The Hall–Kier alpha value is -3.13. The van der Waals surface area contributed by atoms with Crippen LogP contribution in [-0.4, -0.2) is 38.9 Å². The van der Waals surface area contributed by atoms with E-state index in [4.69, 9.17) is 11.6 Å². The van der Waals surface area contributed by atoms with Gasteiger partial charge in [-0.15, -0.1) is 12.4 Å². The highest BCUT2D eigenvalue weighted by Crippen LogP contribution is 2.39. The van der Waals surface area contributed by atoms with Crippen LogP contribution in [0, 0.1) is 0 Å². The minimum atomic E-state index is -0.416. The van der Waals surface area contributed by atoms with Crippen molar-refractivity contribution < 1.29 is 9.59 Å². The summed E-state index contributed by atoms with van der Waals surface area (Å²) in [6, 6.07) is 11.7. The minimum absolute atomic E-state index is 0. The summed E-state index contributed by atoms with van der Waals surface area (Å²) in [5.74, 6) is -0.819. The van der Waals surface area contributed by atoms with Crippen molar-refractivity contribution >= 4 is 63.5 Å². The van der Waals surface area contributed by atoms with E-state index in [9.17, 15) is 9.59 Å². The molecule has 4 aromatic rings. The zero-order valence-corrected chi connectivity index (χ0v) is 19.1. The molecule has 2 aliphatic heterocycles. The largest absolute Gasteiger partial charge is 0.344 e. The van der Waals surface area contributed by atoms with E-state index in [1.807, 2.05) is 53.2 Å². The number of piperidine rings is 1. The molecule has 1 saturated heterocycles. The predicted molar refractivity (Wildman–Crippen MR) is 130 cm³/mol. The fourth-order valence-corrected chi connectivity index (χ4v) is 5.06. The number of amides is 2. The summed E-state index contributed by atoms with van der Waals surface area (Å²) in [6.45, 7) is 1.89. The van der Waals surface area contributed by atoms with Gasteiger partial charge >= 0.3 is 0 Å². The molecule has 168 valence electrons. The third-order valence-electron chi connectivity index (χ3n) is 6.37. The van der Waals surface area contributed by atoms with Gasteiger partial charge in [-0.25, -0.2) is 4.98 Å². The van der Waals surface area contributed by atoms with Gasteiger partial charge in [-0.2, -0.15) is 0 Å². The lowest BCUT2D eigenvalue weighted by molar-refractivity contribution is -0.122.